The monoisotopic (exact) mass is 422 g/mol. The van der Waals surface area contributed by atoms with Gasteiger partial charge in [0.1, 0.15) is 0 Å². The van der Waals surface area contributed by atoms with Gasteiger partial charge >= 0.3 is 0 Å². The van der Waals surface area contributed by atoms with E-state index < -0.39 is 11.5 Å². The van der Waals surface area contributed by atoms with E-state index in [4.69, 9.17) is 0 Å². The van der Waals surface area contributed by atoms with E-state index in [1.165, 1.54) is 0 Å². The molecule has 4 aromatic rings. The molecule has 5 heteroatoms. The Hall–Kier alpha value is -3.96. The summed E-state index contributed by atoms with van der Waals surface area (Å²) < 4.78 is 1.91. The van der Waals surface area contributed by atoms with Gasteiger partial charge in [0.2, 0.25) is 0 Å². The molecule has 1 N–H and O–H groups in total. The molecule has 5 nitrogen and oxygen atoms in total. The maximum atomic E-state index is 13.4. The summed E-state index contributed by atoms with van der Waals surface area (Å²) in [5.41, 5.74) is 1.46. The summed E-state index contributed by atoms with van der Waals surface area (Å²) in [6, 6.07) is 27.8. The van der Waals surface area contributed by atoms with Crippen LogP contribution in [0.25, 0.3) is 5.69 Å². The Morgan fingerprint density at radius 2 is 1.56 bits per heavy atom. The van der Waals surface area contributed by atoms with Gasteiger partial charge in [-0.2, -0.15) is 0 Å². The van der Waals surface area contributed by atoms with E-state index in [1.807, 2.05) is 77.6 Å². The van der Waals surface area contributed by atoms with Crippen LogP contribution in [-0.4, -0.2) is 21.4 Å². The molecule has 0 unspecified atom stereocenters. The van der Waals surface area contributed by atoms with Gasteiger partial charge in [-0.05, 0) is 35.9 Å². The van der Waals surface area contributed by atoms with E-state index in [2.05, 4.69) is 0 Å². The maximum Gasteiger partial charge on any atom is 0.264 e. The predicted octanol–water partition coefficient (Wildman–Crippen LogP) is 4.48. The minimum Gasteiger partial charge on any atom is -0.375 e. The van der Waals surface area contributed by atoms with Crippen LogP contribution in [0.15, 0.2) is 103 Å². The van der Waals surface area contributed by atoms with E-state index in [9.17, 15) is 14.7 Å². The molecule has 0 radical (unpaired) electrons. The van der Waals surface area contributed by atoms with E-state index in [1.54, 1.807) is 35.2 Å². The second kappa shape index (κ2) is 7.94. The summed E-state index contributed by atoms with van der Waals surface area (Å²) in [6.07, 6.45) is 3.48. The molecule has 32 heavy (non-hydrogen) atoms. The number of ketones is 1. The predicted molar refractivity (Wildman–Crippen MR) is 123 cm³/mol. The fraction of sp³-hybridized carbons (Fsp3) is 0.111. The molecule has 0 saturated heterocycles. The van der Waals surface area contributed by atoms with Crippen molar-refractivity contribution in [1.29, 1.82) is 0 Å². The number of carbonyl (C=O) groups is 2. The average molecular weight is 422 g/mol. The van der Waals surface area contributed by atoms with Gasteiger partial charge in [-0.3, -0.25) is 9.59 Å². The molecule has 0 saturated carbocycles. The number of hydrogen-bond acceptors (Lipinski definition) is 3. The zero-order valence-corrected chi connectivity index (χ0v) is 17.4. The second-order valence-corrected chi connectivity index (χ2v) is 7.99. The van der Waals surface area contributed by atoms with Crippen molar-refractivity contribution in [2.75, 3.05) is 4.90 Å². The van der Waals surface area contributed by atoms with Crippen molar-refractivity contribution in [3.63, 3.8) is 0 Å². The number of Topliss-reactive ketones (excluding diaryl/α,β-unsaturated/α-hetero) is 1. The molecule has 158 valence electrons. The fourth-order valence-electron chi connectivity index (χ4n) is 4.28. The van der Waals surface area contributed by atoms with E-state index in [-0.39, 0.29) is 12.2 Å². The summed E-state index contributed by atoms with van der Waals surface area (Å²) in [5.74, 6) is -0.760. The zero-order chi connectivity index (χ0) is 22.1. The van der Waals surface area contributed by atoms with Crippen molar-refractivity contribution in [2.45, 2.75) is 18.6 Å². The molecule has 1 aliphatic rings. The van der Waals surface area contributed by atoms with Gasteiger partial charge in [-0.15, -0.1) is 0 Å². The number of fused-ring (bicyclic) bond motifs is 1. The third kappa shape index (κ3) is 3.43. The maximum absolute atomic E-state index is 13.4. The van der Waals surface area contributed by atoms with Crippen LogP contribution >= 0.6 is 0 Å². The highest BCUT2D eigenvalue weighted by atomic mass is 16.3. The van der Waals surface area contributed by atoms with Crippen LogP contribution in [0.1, 0.15) is 27.9 Å². The second-order valence-electron chi connectivity index (χ2n) is 7.99. The minimum absolute atomic E-state index is 0.286. The molecule has 0 aliphatic carbocycles. The lowest BCUT2D eigenvalue weighted by Gasteiger charge is -2.23. The van der Waals surface area contributed by atoms with Gasteiger partial charge in [0.15, 0.2) is 11.4 Å². The van der Waals surface area contributed by atoms with E-state index >= 15 is 0 Å². The van der Waals surface area contributed by atoms with Crippen LogP contribution in [0.3, 0.4) is 0 Å². The highest BCUT2D eigenvalue weighted by Gasteiger charge is 2.50. The van der Waals surface area contributed by atoms with Gasteiger partial charge < -0.3 is 14.6 Å². The lowest BCUT2D eigenvalue weighted by atomic mass is 9.88. The third-order valence-corrected chi connectivity index (χ3v) is 5.91. The van der Waals surface area contributed by atoms with E-state index in [0.717, 1.165) is 11.3 Å². The number of amides is 1. The lowest BCUT2D eigenvalue weighted by molar-refractivity contribution is -0.136. The normalized spacial score (nSPS) is 17.4. The first-order valence-corrected chi connectivity index (χ1v) is 10.5. The van der Waals surface area contributed by atoms with Gasteiger partial charge in [-0.1, -0.05) is 60.7 Å². The quantitative estimate of drug-likeness (QED) is 0.466. The van der Waals surface area contributed by atoms with Crippen molar-refractivity contribution in [1.82, 2.24) is 4.57 Å². The Labute approximate surface area is 186 Å². The Balaban J connectivity index is 1.46. The fourth-order valence-corrected chi connectivity index (χ4v) is 4.28. The molecule has 0 bridgehead atoms. The number of para-hydroxylation sites is 1. The number of anilines is 1. The van der Waals surface area contributed by atoms with Crippen molar-refractivity contribution in [3.8, 4) is 5.69 Å². The number of benzene rings is 3. The Kier molecular flexibility index (Phi) is 4.96. The number of rotatable bonds is 6. The van der Waals surface area contributed by atoms with E-state index in [0.29, 0.717) is 23.4 Å². The highest BCUT2D eigenvalue weighted by Crippen LogP contribution is 2.43. The Bertz CT molecular complexity index is 1280. The first-order valence-electron chi connectivity index (χ1n) is 10.5. The molecule has 1 aromatic heterocycles. The summed E-state index contributed by atoms with van der Waals surface area (Å²) in [6.45, 7) is 0.330. The van der Waals surface area contributed by atoms with Crippen LogP contribution in [-0.2, 0) is 16.9 Å². The number of aromatic nitrogens is 1. The molecule has 2 heterocycles. The van der Waals surface area contributed by atoms with Gasteiger partial charge in [-0.25, -0.2) is 0 Å². The zero-order valence-electron chi connectivity index (χ0n) is 17.4. The smallest absolute Gasteiger partial charge is 0.264 e. The molecule has 1 atom stereocenters. The van der Waals surface area contributed by atoms with Gasteiger partial charge in [0.05, 0.1) is 18.7 Å². The van der Waals surface area contributed by atoms with Gasteiger partial charge in [0, 0.05) is 29.2 Å². The van der Waals surface area contributed by atoms with Crippen molar-refractivity contribution < 1.29 is 14.7 Å². The standard InChI is InChI=1S/C27H22N2O3/c30-25(21-11-8-12-22(17-21)28-15-6-7-16-28)18-27(32)23-13-4-5-14-24(23)29(26(27)31)19-20-9-2-1-3-10-20/h1-17,32H,18-19H2/t27-/m1/s1. The Morgan fingerprint density at radius 3 is 2.34 bits per heavy atom. The molecule has 1 aliphatic heterocycles. The minimum atomic E-state index is -1.90. The van der Waals surface area contributed by atoms with Crippen molar-refractivity contribution >= 4 is 17.4 Å². The highest BCUT2D eigenvalue weighted by molar-refractivity contribution is 6.10. The molecule has 5 rings (SSSR count). The van der Waals surface area contributed by atoms with Crippen LogP contribution < -0.4 is 4.90 Å². The summed E-state index contributed by atoms with van der Waals surface area (Å²) in [4.78, 5) is 28.2. The molecule has 0 spiro atoms. The molecule has 1 amide bonds. The molecule has 0 fully saturated rings. The van der Waals surface area contributed by atoms with Crippen LogP contribution in [0.4, 0.5) is 5.69 Å². The lowest BCUT2D eigenvalue weighted by Crippen LogP contribution is -2.41. The average Bonchev–Trinajstić information content (AvgIpc) is 3.43. The molecular weight excluding hydrogens is 400 g/mol. The first-order chi connectivity index (χ1) is 15.6. The molecule has 3 aromatic carbocycles. The summed E-state index contributed by atoms with van der Waals surface area (Å²) >= 11 is 0. The number of hydrogen-bond donors (Lipinski definition) is 1. The largest absolute Gasteiger partial charge is 0.375 e. The summed E-state index contributed by atoms with van der Waals surface area (Å²) in [7, 11) is 0. The van der Waals surface area contributed by atoms with Crippen LogP contribution in [0.2, 0.25) is 0 Å². The van der Waals surface area contributed by atoms with Crippen molar-refractivity contribution in [2.24, 2.45) is 0 Å². The number of nitrogens with zero attached hydrogens (tertiary/aromatic N) is 2. The van der Waals surface area contributed by atoms with Crippen LogP contribution in [0, 0.1) is 0 Å². The van der Waals surface area contributed by atoms with Crippen LogP contribution in [0.5, 0.6) is 0 Å². The van der Waals surface area contributed by atoms with Gasteiger partial charge in [0.25, 0.3) is 5.91 Å². The van der Waals surface area contributed by atoms with Crippen molar-refractivity contribution in [3.05, 3.63) is 120 Å². The summed E-state index contributed by atoms with van der Waals surface area (Å²) in [5, 5.41) is 11.5. The molecular formula is C27H22N2O3. The number of aliphatic hydroxyl groups is 1. The SMILES string of the molecule is O=C(C[C@]1(O)C(=O)N(Cc2ccccc2)c2ccccc21)c1cccc(-n2cccc2)c1. The topological polar surface area (TPSA) is 62.5 Å². The third-order valence-electron chi connectivity index (χ3n) is 5.91. The Morgan fingerprint density at radius 1 is 0.844 bits per heavy atom. The first kappa shape index (κ1) is 20.0. The number of carbonyl (C=O) groups excluding carboxylic acids is 2.